The summed E-state index contributed by atoms with van der Waals surface area (Å²) in [6.07, 6.45) is 3.55. The molecule has 6 nitrogen and oxygen atoms in total. The first-order chi connectivity index (χ1) is 6.50. The van der Waals surface area contributed by atoms with Gasteiger partial charge in [0.2, 0.25) is 0 Å². The molecule has 14 heavy (non-hydrogen) atoms. The van der Waals surface area contributed by atoms with Crippen LogP contribution in [0, 0.1) is 10.1 Å². The smallest absolute Gasteiger partial charge is 0.328 e. The molecule has 0 saturated carbocycles. The number of hydrogen-bond acceptors (Lipinski definition) is 3. The number of nitro groups is 1. The summed E-state index contributed by atoms with van der Waals surface area (Å²) in [7, 11) is 1.61. The van der Waals surface area contributed by atoms with Gasteiger partial charge in [-0.05, 0) is 6.08 Å². The lowest BCUT2D eigenvalue weighted by molar-refractivity contribution is -0.384. The summed E-state index contributed by atoms with van der Waals surface area (Å²) in [5, 5.41) is 18.7. The third kappa shape index (κ3) is 2.19. The molecule has 1 aromatic heterocycles. The van der Waals surface area contributed by atoms with Crippen LogP contribution in [0.3, 0.4) is 0 Å². The maximum atomic E-state index is 10.4. The summed E-state index contributed by atoms with van der Waals surface area (Å²) in [4.78, 5) is 20.0. The first-order valence-electron chi connectivity index (χ1n) is 3.72. The third-order valence-corrected chi connectivity index (χ3v) is 1.64. The van der Waals surface area contributed by atoms with Gasteiger partial charge in [-0.2, -0.15) is 0 Å². The minimum atomic E-state index is -1.09. The number of carbonyl (C=O) groups is 1. The van der Waals surface area contributed by atoms with Crippen molar-refractivity contribution in [3.63, 3.8) is 0 Å². The van der Waals surface area contributed by atoms with E-state index in [1.54, 1.807) is 7.05 Å². The average Bonchev–Trinajstić information content (AvgIpc) is 2.43. The molecule has 1 heterocycles. The molecule has 0 unspecified atom stereocenters. The molecular formula is C8H8N2O4. The number of carboxylic acid groups (broad SMARTS) is 1. The van der Waals surface area contributed by atoms with Gasteiger partial charge < -0.3 is 9.67 Å². The van der Waals surface area contributed by atoms with E-state index in [0.717, 1.165) is 6.08 Å². The van der Waals surface area contributed by atoms with Gasteiger partial charge in [0.25, 0.3) is 5.69 Å². The fourth-order valence-corrected chi connectivity index (χ4v) is 0.986. The Morgan fingerprint density at radius 2 is 2.36 bits per heavy atom. The largest absolute Gasteiger partial charge is 0.478 e. The Kier molecular flexibility index (Phi) is 2.66. The predicted octanol–water partition coefficient (Wildman–Crippen LogP) is 1.03. The van der Waals surface area contributed by atoms with Crippen molar-refractivity contribution in [3.05, 3.63) is 34.1 Å². The highest BCUT2D eigenvalue weighted by Crippen LogP contribution is 2.15. The standard InChI is InChI=1S/C8H8N2O4/c1-9-5-7(10(13)14)4-6(9)2-3-8(11)12/h2-5H,1H3,(H,11,12). The Balaban J connectivity index is 2.99. The normalized spacial score (nSPS) is 10.6. The van der Waals surface area contributed by atoms with Crippen LogP contribution in [-0.4, -0.2) is 20.6 Å². The van der Waals surface area contributed by atoms with Crippen molar-refractivity contribution in [3.8, 4) is 0 Å². The van der Waals surface area contributed by atoms with Gasteiger partial charge in [0.1, 0.15) is 0 Å². The zero-order valence-electron chi connectivity index (χ0n) is 7.38. The van der Waals surface area contributed by atoms with Gasteiger partial charge in [0, 0.05) is 24.9 Å². The first-order valence-corrected chi connectivity index (χ1v) is 3.72. The van der Waals surface area contributed by atoms with Crippen molar-refractivity contribution in [1.82, 2.24) is 4.57 Å². The van der Waals surface area contributed by atoms with E-state index in [-0.39, 0.29) is 5.69 Å². The van der Waals surface area contributed by atoms with Gasteiger partial charge in [-0.3, -0.25) is 10.1 Å². The van der Waals surface area contributed by atoms with Gasteiger partial charge >= 0.3 is 5.97 Å². The van der Waals surface area contributed by atoms with E-state index < -0.39 is 10.9 Å². The fraction of sp³-hybridized carbons (Fsp3) is 0.125. The molecule has 0 aromatic carbocycles. The van der Waals surface area contributed by atoms with E-state index >= 15 is 0 Å². The van der Waals surface area contributed by atoms with Crippen LogP contribution >= 0.6 is 0 Å². The van der Waals surface area contributed by atoms with Crippen molar-refractivity contribution in [2.75, 3.05) is 0 Å². The van der Waals surface area contributed by atoms with E-state index in [1.165, 1.54) is 22.9 Å². The maximum absolute atomic E-state index is 10.4. The zero-order valence-corrected chi connectivity index (χ0v) is 7.38. The number of nitrogens with zero attached hydrogens (tertiary/aromatic N) is 2. The maximum Gasteiger partial charge on any atom is 0.328 e. The summed E-state index contributed by atoms with van der Waals surface area (Å²) >= 11 is 0. The van der Waals surface area contributed by atoms with Crippen LogP contribution < -0.4 is 0 Å². The number of aryl methyl sites for hydroxylation is 1. The number of aromatic nitrogens is 1. The second kappa shape index (κ2) is 3.73. The van der Waals surface area contributed by atoms with Crippen molar-refractivity contribution in [2.24, 2.45) is 7.05 Å². The molecule has 0 bridgehead atoms. The lowest BCUT2D eigenvalue weighted by Crippen LogP contribution is -1.90. The lowest BCUT2D eigenvalue weighted by atomic mass is 10.3. The molecule has 0 radical (unpaired) electrons. The lowest BCUT2D eigenvalue weighted by Gasteiger charge is -1.91. The predicted molar refractivity (Wildman–Crippen MR) is 48.7 cm³/mol. The molecule has 1 rings (SSSR count). The van der Waals surface area contributed by atoms with Gasteiger partial charge in [0.15, 0.2) is 0 Å². The van der Waals surface area contributed by atoms with Crippen molar-refractivity contribution < 1.29 is 14.8 Å². The molecule has 0 spiro atoms. The van der Waals surface area contributed by atoms with E-state index in [9.17, 15) is 14.9 Å². The molecule has 0 aliphatic carbocycles. The number of rotatable bonds is 3. The average molecular weight is 196 g/mol. The van der Waals surface area contributed by atoms with Crippen molar-refractivity contribution in [1.29, 1.82) is 0 Å². The molecular weight excluding hydrogens is 188 g/mol. The van der Waals surface area contributed by atoms with Crippen LogP contribution in [0.4, 0.5) is 5.69 Å². The number of hydrogen-bond donors (Lipinski definition) is 1. The number of aliphatic carboxylic acids is 1. The SMILES string of the molecule is Cn1cc([N+](=O)[O-])cc1C=CC(=O)O. The van der Waals surface area contributed by atoms with E-state index in [2.05, 4.69) is 0 Å². The summed E-state index contributed by atoms with van der Waals surface area (Å²) in [5.41, 5.74) is 0.414. The Labute approximate surface area is 79.2 Å². The second-order valence-corrected chi connectivity index (χ2v) is 2.66. The van der Waals surface area contributed by atoms with Crippen LogP contribution in [-0.2, 0) is 11.8 Å². The highest BCUT2D eigenvalue weighted by molar-refractivity contribution is 5.85. The molecule has 74 valence electrons. The zero-order chi connectivity index (χ0) is 10.7. The van der Waals surface area contributed by atoms with Gasteiger partial charge in [-0.15, -0.1) is 0 Å². The molecule has 0 aliphatic rings. The second-order valence-electron chi connectivity index (χ2n) is 2.66. The van der Waals surface area contributed by atoms with Gasteiger partial charge in [-0.1, -0.05) is 0 Å². The van der Waals surface area contributed by atoms with Crippen molar-refractivity contribution in [2.45, 2.75) is 0 Å². The molecule has 0 amide bonds. The molecule has 6 heteroatoms. The summed E-state index contributed by atoms with van der Waals surface area (Å²) in [5.74, 6) is -1.09. The molecule has 0 fully saturated rings. The van der Waals surface area contributed by atoms with Crippen LogP contribution in [0.25, 0.3) is 6.08 Å². The van der Waals surface area contributed by atoms with Crippen LogP contribution in [0.5, 0.6) is 0 Å². The van der Waals surface area contributed by atoms with Crippen molar-refractivity contribution >= 4 is 17.7 Å². The number of carboxylic acids is 1. The Hall–Kier alpha value is -2.11. The van der Waals surface area contributed by atoms with Gasteiger partial charge in [-0.25, -0.2) is 4.79 Å². The Morgan fingerprint density at radius 3 is 2.79 bits per heavy atom. The summed E-state index contributed by atoms with van der Waals surface area (Å²) in [6.45, 7) is 0. The van der Waals surface area contributed by atoms with E-state index in [4.69, 9.17) is 5.11 Å². The Morgan fingerprint density at radius 1 is 1.71 bits per heavy atom. The molecule has 0 saturated heterocycles. The van der Waals surface area contributed by atoms with Crippen LogP contribution in [0.15, 0.2) is 18.3 Å². The Bertz CT molecular complexity index is 405. The fourth-order valence-electron chi connectivity index (χ4n) is 0.986. The molecule has 1 aromatic rings. The van der Waals surface area contributed by atoms with Crippen LogP contribution in [0.1, 0.15) is 5.69 Å². The topological polar surface area (TPSA) is 85.4 Å². The van der Waals surface area contributed by atoms with Crippen LogP contribution in [0.2, 0.25) is 0 Å². The molecule has 1 N–H and O–H groups in total. The quantitative estimate of drug-likeness (QED) is 0.444. The first kappa shape index (κ1) is 9.97. The highest BCUT2D eigenvalue weighted by atomic mass is 16.6. The van der Waals surface area contributed by atoms with Gasteiger partial charge in [0.05, 0.1) is 11.1 Å². The highest BCUT2D eigenvalue weighted by Gasteiger charge is 2.09. The third-order valence-electron chi connectivity index (χ3n) is 1.64. The summed E-state index contributed by atoms with van der Waals surface area (Å²) in [6, 6.07) is 1.30. The summed E-state index contributed by atoms with van der Waals surface area (Å²) < 4.78 is 1.48. The molecule has 0 aliphatic heterocycles. The monoisotopic (exact) mass is 196 g/mol. The molecule has 0 atom stereocenters. The van der Waals surface area contributed by atoms with E-state index in [1.807, 2.05) is 0 Å². The minimum Gasteiger partial charge on any atom is -0.478 e. The van der Waals surface area contributed by atoms with E-state index in [0.29, 0.717) is 5.69 Å². The minimum absolute atomic E-state index is 0.0578.